The topological polar surface area (TPSA) is 129 Å². The van der Waals surface area contributed by atoms with Crippen molar-refractivity contribution in [2.75, 3.05) is 18.9 Å². The van der Waals surface area contributed by atoms with Crippen molar-refractivity contribution in [2.45, 2.75) is 45.6 Å². The highest BCUT2D eigenvalue weighted by Gasteiger charge is 2.35. The molecule has 2 aromatic rings. The first kappa shape index (κ1) is 16.9. The predicted molar refractivity (Wildman–Crippen MR) is 86.3 cm³/mol. The van der Waals surface area contributed by atoms with Crippen LogP contribution in [-0.2, 0) is 4.74 Å². The zero-order valence-electron chi connectivity index (χ0n) is 14.0. The molecular weight excluding hydrogens is 314 g/mol. The molecule has 0 bridgehead atoms. The van der Waals surface area contributed by atoms with Gasteiger partial charge in [-0.25, -0.2) is 4.98 Å². The molecule has 2 aromatic heterocycles. The number of anilines is 1. The molecule has 24 heavy (non-hydrogen) atoms. The largest absolute Gasteiger partial charge is 0.475 e. The maximum absolute atomic E-state index is 9.91. The number of nitrogens with two attached hydrogens (primary N) is 1. The number of aromatic nitrogens is 4. The summed E-state index contributed by atoms with van der Waals surface area (Å²) in [6.07, 6.45) is 0.0435. The average Bonchev–Trinajstić information content (AvgIpc) is 3.06. The third kappa shape index (κ3) is 3.28. The van der Waals surface area contributed by atoms with E-state index in [-0.39, 0.29) is 18.0 Å². The highest BCUT2D eigenvalue weighted by atomic mass is 16.5. The third-order valence-electron chi connectivity index (χ3n) is 3.74. The second-order valence-corrected chi connectivity index (χ2v) is 7.18. The van der Waals surface area contributed by atoms with E-state index >= 15 is 0 Å². The summed E-state index contributed by atoms with van der Waals surface area (Å²) in [4.78, 5) is 12.7. The van der Waals surface area contributed by atoms with Gasteiger partial charge in [0.1, 0.15) is 12.3 Å². The molecule has 3 rings (SSSR count). The summed E-state index contributed by atoms with van der Waals surface area (Å²) in [5.41, 5.74) is 6.72. The van der Waals surface area contributed by atoms with E-state index in [9.17, 15) is 10.2 Å². The number of hydrogen-bond donors (Lipinski definition) is 3. The minimum atomic E-state index is -0.742. The van der Waals surface area contributed by atoms with Crippen LogP contribution < -0.4 is 10.5 Å². The van der Waals surface area contributed by atoms with Gasteiger partial charge in [0.25, 0.3) is 0 Å². The van der Waals surface area contributed by atoms with Crippen molar-refractivity contribution in [3.05, 3.63) is 6.33 Å². The molecular formula is C15H23N5O4. The summed E-state index contributed by atoms with van der Waals surface area (Å²) in [7, 11) is 0. The molecule has 4 N–H and O–H groups in total. The summed E-state index contributed by atoms with van der Waals surface area (Å²) in [6.45, 7) is 6.36. The second kappa shape index (κ2) is 6.15. The van der Waals surface area contributed by atoms with Crippen LogP contribution in [0.2, 0.25) is 0 Å². The normalized spacial score (nSPS) is 24.6. The summed E-state index contributed by atoms with van der Waals surface area (Å²) >= 11 is 0. The van der Waals surface area contributed by atoms with E-state index in [4.69, 9.17) is 15.2 Å². The van der Waals surface area contributed by atoms with Crippen LogP contribution in [0.4, 0.5) is 5.95 Å². The molecule has 0 aromatic carbocycles. The van der Waals surface area contributed by atoms with Crippen LogP contribution in [0.1, 0.15) is 33.4 Å². The fourth-order valence-electron chi connectivity index (χ4n) is 2.55. The summed E-state index contributed by atoms with van der Waals surface area (Å²) in [5.74, 6) is 0.397. The van der Waals surface area contributed by atoms with Gasteiger partial charge in [0.05, 0.1) is 25.6 Å². The van der Waals surface area contributed by atoms with Crippen LogP contribution in [0.5, 0.6) is 5.88 Å². The lowest BCUT2D eigenvalue weighted by Gasteiger charge is -2.18. The molecule has 1 aliphatic heterocycles. The Labute approximate surface area is 139 Å². The van der Waals surface area contributed by atoms with Crippen molar-refractivity contribution in [2.24, 2.45) is 5.41 Å². The SMILES string of the molecule is CC(C)(C)COc1nc(N)nc2c1ncn2[C@H]1C[C@H](O)[C@@H](CO)O1. The van der Waals surface area contributed by atoms with Crippen LogP contribution in [-0.4, -0.2) is 55.2 Å². The Morgan fingerprint density at radius 2 is 2.17 bits per heavy atom. The molecule has 0 aliphatic carbocycles. The zero-order valence-corrected chi connectivity index (χ0v) is 14.0. The van der Waals surface area contributed by atoms with Gasteiger partial charge >= 0.3 is 0 Å². The number of aliphatic hydroxyl groups excluding tert-OH is 2. The van der Waals surface area contributed by atoms with Gasteiger partial charge < -0.3 is 25.4 Å². The first-order valence-corrected chi connectivity index (χ1v) is 7.86. The van der Waals surface area contributed by atoms with Gasteiger partial charge in [0, 0.05) is 6.42 Å². The van der Waals surface area contributed by atoms with Gasteiger partial charge in [0.2, 0.25) is 11.8 Å². The molecule has 132 valence electrons. The first-order chi connectivity index (χ1) is 11.3. The number of rotatable bonds is 4. The van der Waals surface area contributed by atoms with Gasteiger partial charge in [-0.3, -0.25) is 4.57 Å². The van der Waals surface area contributed by atoms with Crippen LogP contribution in [0, 0.1) is 5.41 Å². The number of hydrogen-bond acceptors (Lipinski definition) is 8. The fourth-order valence-corrected chi connectivity index (χ4v) is 2.55. The summed E-state index contributed by atoms with van der Waals surface area (Å²) in [5, 5.41) is 19.1. The van der Waals surface area contributed by atoms with E-state index in [1.54, 1.807) is 10.9 Å². The molecule has 1 saturated heterocycles. The zero-order chi connectivity index (χ0) is 17.5. The van der Waals surface area contributed by atoms with Crippen LogP contribution in [0.15, 0.2) is 6.33 Å². The highest BCUT2D eigenvalue weighted by Crippen LogP contribution is 2.32. The van der Waals surface area contributed by atoms with Gasteiger partial charge in [-0.1, -0.05) is 20.8 Å². The molecule has 0 spiro atoms. The molecule has 9 nitrogen and oxygen atoms in total. The minimum absolute atomic E-state index is 0.0401. The molecule has 1 fully saturated rings. The maximum atomic E-state index is 9.91. The van der Waals surface area contributed by atoms with E-state index in [1.165, 1.54) is 0 Å². The van der Waals surface area contributed by atoms with Gasteiger partial charge in [-0.15, -0.1) is 0 Å². The lowest BCUT2D eigenvalue weighted by molar-refractivity contribution is -0.0432. The fraction of sp³-hybridized carbons (Fsp3) is 0.667. The van der Waals surface area contributed by atoms with E-state index in [2.05, 4.69) is 35.7 Å². The predicted octanol–water partition coefficient (Wildman–Crippen LogP) is 0.474. The Bertz CT molecular complexity index is 726. The van der Waals surface area contributed by atoms with Crippen molar-refractivity contribution in [3.8, 4) is 5.88 Å². The Hall–Kier alpha value is -1.97. The Morgan fingerprint density at radius 3 is 2.79 bits per heavy atom. The maximum Gasteiger partial charge on any atom is 0.247 e. The molecule has 3 heterocycles. The Kier molecular flexibility index (Phi) is 4.33. The van der Waals surface area contributed by atoms with Crippen LogP contribution in [0.25, 0.3) is 11.2 Å². The van der Waals surface area contributed by atoms with E-state index < -0.39 is 18.4 Å². The molecule has 0 amide bonds. The minimum Gasteiger partial charge on any atom is -0.475 e. The molecule has 9 heteroatoms. The van der Waals surface area contributed by atoms with Crippen molar-refractivity contribution >= 4 is 17.1 Å². The molecule has 0 saturated carbocycles. The summed E-state index contributed by atoms with van der Waals surface area (Å²) in [6, 6.07) is 0. The number of nitrogen functional groups attached to an aromatic ring is 1. The van der Waals surface area contributed by atoms with E-state index in [0.29, 0.717) is 30.1 Å². The number of fused-ring (bicyclic) bond motifs is 1. The van der Waals surface area contributed by atoms with Gasteiger partial charge in [-0.2, -0.15) is 9.97 Å². The molecule has 0 radical (unpaired) electrons. The lowest BCUT2D eigenvalue weighted by atomic mass is 9.99. The third-order valence-corrected chi connectivity index (χ3v) is 3.74. The standard InChI is InChI=1S/C15H23N5O4/c1-15(2,3)6-23-13-11-12(18-14(16)19-13)20(7-17-11)10-4-8(22)9(5-21)24-10/h7-10,21-22H,4-6H2,1-3H3,(H2,16,18,19)/t8-,9+,10+/m0/s1. The van der Waals surface area contributed by atoms with Crippen LogP contribution >= 0.6 is 0 Å². The van der Waals surface area contributed by atoms with Crippen molar-refractivity contribution in [3.63, 3.8) is 0 Å². The molecule has 3 atom stereocenters. The molecule has 1 aliphatic rings. The molecule has 0 unspecified atom stereocenters. The summed E-state index contributed by atoms with van der Waals surface area (Å²) < 4.78 is 13.1. The number of nitrogens with zero attached hydrogens (tertiary/aromatic N) is 4. The highest BCUT2D eigenvalue weighted by molar-refractivity contribution is 5.77. The van der Waals surface area contributed by atoms with E-state index in [1.807, 2.05) is 0 Å². The van der Waals surface area contributed by atoms with Gasteiger partial charge in [-0.05, 0) is 5.41 Å². The lowest BCUT2D eigenvalue weighted by Crippen LogP contribution is -2.24. The quantitative estimate of drug-likeness (QED) is 0.734. The second-order valence-electron chi connectivity index (χ2n) is 7.18. The first-order valence-electron chi connectivity index (χ1n) is 7.86. The smallest absolute Gasteiger partial charge is 0.247 e. The monoisotopic (exact) mass is 337 g/mol. The van der Waals surface area contributed by atoms with E-state index in [0.717, 1.165) is 0 Å². The van der Waals surface area contributed by atoms with Crippen LogP contribution in [0.3, 0.4) is 0 Å². The van der Waals surface area contributed by atoms with Crippen molar-refractivity contribution in [1.29, 1.82) is 0 Å². The Morgan fingerprint density at radius 1 is 1.42 bits per heavy atom. The van der Waals surface area contributed by atoms with Crippen molar-refractivity contribution < 1.29 is 19.7 Å². The number of ether oxygens (including phenoxy) is 2. The number of aliphatic hydroxyl groups is 2. The van der Waals surface area contributed by atoms with Gasteiger partial charge in [0.15, 0.2) is 11.2 Å². The van der Waals surface area contributed by atoms with Crippen molar-refractivity contribution in [1.82, 2.24) is 19.5 Å². The Balaban J connectivity index is 1.93. The number of imidazole rings is 1. The average molecular weight is 337 g/mol.